The van der Waals surface area contributed by atoms with E-state index in [2.05, 4.69) is 28.1 Å². The highest BCUT2D eigenvalue weighted by Gasteiger charge is 2.04. The highest BCUT2D eigenvalue weighted by atomic mass is 35.5. The Hall–Kier alpha value is -0.530. The third-order valence-corrected chi connectivity index (χ3v) is 4.85. The van der Waals surface area contributed by atoms with Crippen molar-refractivity contribution < 1.29 is 16.9 Å². The molecule has 27 heavy (non-hydrogen) atoms. The van der Waals surface area contributed by atoms with Crippen LogP contribution in [0.3, 0.4) is 0 Å². The number of hydrogen-bond acceptors (Lipinski definition) is 0. The van der Waals surface area contributed by atoms with Crippen molar-refractivity contribution in [1.29, 1.82) is 0 Å². The second kappa shape index (κ2) is 21.8. The molecule has 0 unspecified atom stereocenters. The maximum absolute atomic E-state index is 2.29. The lowest BCUT2D eigenvalue weighted by Gasteiger charge is -2.23. The average Bonchev–Trinajstić information content (AvgIpc) is 2.63. The lowest BCUT2D eigenvalue weighted by atomic mass is 10.0. The Morgan fingerprint density at radius 2 is 0.704 bits per heavy atom. The van der Waals surface area contributed by atoms with Crippen LogP contribution in [0.1, 0.15) is 96.8 Å². The summed E-state index contributed by atoms with van der Waals surface area (Å²) < 4.78 is 1.12. The predicted octanol–water partition coefficient (Wildman–Crippen LogP) is 4.86. The van der Waals surface area contributed by atoms with Crippen molar-refractivity contribution in [2.24, 2.45) is 0 Å². The molecule has 160 valence electrons. The van der Waals surface area contributed by atoms with E-state index in [0.717, 1.165) is 4.48 Å². The monoisotopic (exact) mass is 397 g/mol. The van der Waals surface area contributed by atoms with Crippen LogP contribution in [0, 0.1) is 0 Å². The molecule has 0 aliphatic carbocycles. The third-order valence-electron chi connectivity index (χ3n) is 4.85. The van der Waals surface area contributed by atoms with Gasteiger partial charge in [0.1, 0.15) is 0 Å². The van der Waals surface area contributed by atoms with Crippen molar-refractivity contribution in [1.82, 2.24) is 0 Å². The predicted molar refractivity (Wildman–Crippen MR) is 120 cm³/mol. The summed E-state index contributed by atoms with van der Waals surface area (Å²) >= 11 is 0. The van der Waals surface area contributed by atoms with Gasteiger partial charge in [0, 0.05) is 0 Å². The number of unbranched alkanes of at least 4 members (excludes halogenated alkanes) is 13. The van der Waals surface area contributed by atoms with Crippen molar-refractivity contribution >= 4 is 0 Å². The molecule has 0 saturated heterocycles. The van der Waals surface area contributed by atoms with Crippen molar-refractivity contribution in [3.8, 4) is 0 Å². The number of benzene rings is 1. The van der Waals surface area contributed by atoms with Gasteiger partial charge in [-0.25, -0.2) is 0 Å². The van der Waals surface area contributed by atoms with Gasteiger partial charge in [-0.05, 0) is 12.8 Å². The first kappa shape index (κ1) is 28.7. The summed E-state index contributed by atoms with van der Waals surface area (Å²) in [6, 6.07) is 12.0. The summed E-state index contributed by atoms with van der Waals surface area (Å²) in [6.07, 6.45) is 20.4. The summed E-state index contributed by atoms with van der Waals surface area (Å²) in [5.41, 5.74) is 0. The van der Waals surface area contributed by atoms with Crippen LogP contribution >= 0.6 is 0 Å². The Morgan fingerprint density at radius 3 is 0.963 bits per heavy atom. The maximum atomic E-state index is 2.29. The van der Waals surface area contributed by atoms with Gasteiger partial charge in [-0.2, -0.15) is 0 Å². The fraction of sp³-hybridized carbons (Fsp3) is 0.760. The molecule has 0 amide bonds. The Balaban J connectivity index is 0. The molecule has 0 fully saturated rings. The Labute approximate surface area is 177 Å². The van der Waals surface area contributed by atoms with E-state index in [-0.39, 0.29) is 12.4 Å². The fourth-order valence-corrected chi connectivity index (χ4v) is 3.17. The lowest BCUT2D eigenvalue weighted by Crippen LogP contribution is -3.00. The van der Waals surface area contributed by atoms with E-state index in [4.69, 9.17) is 0 Å². The minimum absolute atomic E-state index is 0. The molecule has 1 nitrogen and oxygen atoms in total. The van der Waals surface area contributed by atoms with Crippen LogP contribution in [-0.2, 0) is 0 Å². The van der Waals surface area contributed by atoms with Crippen LogP contribution in [-0.4, -0.2) is 32.2 Å². The molecule has 0 N–H and O–H groups in total. The summed E-state index contributed by atoms with van der Waals surface area (Å²) in [4.78, 5) is 0. The van der Waals surface area contributed by atoms with E-state index >= 15 is 0 Å². The number of quaternary nitrogens is 1. The molecule has 1 aromatic carbocycles. The lowest BCUT2D eigenvalue weighted by molar-refractivity contribution is -0.870. The van der Waals surface area contributed by atoms with Gasteiger partial charge in [0.15, 0.2) is 0 Å². The van der Waals surface area contributed by atoms with Crippen LogP contribution in [0.15, 0.2) is 36.4 Å². The van der Waals surface area contributed by atoms with E-state index < -0.39 is 0 Å². The molecule has 0 bridgehead atoms. The molecule has 0 heterocycles. The molecule has 1 rings (SSSR count). The maximum Gasteiger partial charge on any atom is 0.0780 e. The normalized spacial score (nSPS) is 10.7. The van der Waals surface area contributed by atoms with Gasteiger partial charge in [-0.3, -0.25) is 0 Å². The zero-order valence-corrected chi connectivity index (χ0v) is 19.7. The van der Waals surface area contributed by atoms with Gasteiger partial charge in [0.2, 0.25) is 0 Å². The van der Waals surface area contributed by atoms with Crippen LogP contribution < -0.4 is 12.4 Å². The van der Waals surface area contributed by atoms with Crippen LogP contribution in [0.2, 0.25) is 0 Å². The second-order valence-corrected chi connectivity index (χ2v) is 8.76. The molecular weight excluding hydrogens is 350 g/mol. The first-order valence-corrected chi connectivity index (χ1v) is 11.4. The fourth-order valence-electron chi connectivity index (χ4n) is 3.17. The highest BCUT2D eigenvalue weighted by molar-refractivity contribution is 4.99. The van der Waals surface area contributed by atoms with Gasteiger partial charge in [0.05, 0.1) is 27.7 Å². The molecule has 1 aromatic rings. The van der Waals surface area contributed by atoms with Crippen molar-refractivity contribution in [2.75, 3.05) is 27.7 Å². The summed E-state index contributed by atoms with van der Waals surface area (Å²) in [5, 5.41) is 0. The van der Waals surface area contributed by atoms with Gasteiger partial charge in [0.25, 0.3) is 0 Å². The molecule has 0 aliphatic heterocycles. The Kier molecular flexibility index (Phi) is 23.1. The Bertz CT molecular complexity index is 332. The van der Waals surface area contributed by atoms with Gasteiger partial charge < -0.3 is 16.9 Å². The number of nitrogens with zero attached hydrogens (tertiary/aromatic N) is 1. The number of halogens is 1. The molecule has 0 radical (unpaired) electrons. The second-order valence-electron chi connectivity index (χ2n) is 8.76. The molecule has 0 aliphatic rings. The van der Waals surface area contributed by atoms with Crippen molar-refractivity contribution in [2.45, 2.75) is 96.8 Å². The smallest absolute Gasteiger partial charge is 0.0780 e. The summed E-state index contributed by atoms with van der Waals surface area (Å²) in [6.45, 7) is 3.63. The molecule has 0 atom stereocenters. The van der Waals surface area contributed by atoms with E-state index in [1.807, 2.05) is 36.4 Å². The molecule has 2 heteroatoms. The minimum Gasteiger partial charge on any atom is -1.00 e. The van der Waals surface area contributed by atoms with E-state index in [1.54, 1.807) is 0 Å². The average molecular weight is 398 g/mol. The molecule has 0 saturated carbocycles. The van der Waals surface area contributed by atoms with Crippen LogP contribution in [0.5, 0.6) is 0 Å². The van der Waals surface area contributed by atoms with Gasteiger partial charge in [-0.1, -0.05) is 120 Å². The topological polar surface area (TPSA) is 0 Å². The van der Waals surface area contributed by atoms with Gasteiger partial charge >= 0.3 is 0 Å². The van der Waals surface area contributed by atoms with Crippen LogP contribution in [0.4, 0.5) is 0 Å². The SMILES string of the molecule is CCCCCCCCCCCCCCCC[N+](C)(C)C.[Cl-].c1ccccc1. The molecule has 0 aromatic heterocycles. The van der Waals surface area contributed by atoms with Gasteiger partial charge in [-0.15, -0.1) is 0 Å². The Morgan fingerprint density at radius 1 is 0.444 bits per heavy atom. The summed E-state index contributed by atoms with van der Waals surface area (Å²) in [5.74, 6) is 0. The first-order chi connectivity index (χ1) is 12.6. The third kappa shape index (κ3) is 27.8. The van der Waals surface area contributed by atoms with E-state index in [0.29, 0.717) is 0 Å². The van der Waals surface area contributed by atoms with E-state index in [9.17, 15) is 0 Å². The largest absolute Gasteiger partial charge is 1.00 e. The zero-order valence-electron chi connectivity index (χ0n) is 18.9. The highest BCUT2D eigenvalue weighted by Crippen LogP contribution is 2.13. The molecule has 0 spiro atoms. The van der Waals surface area contributed by atoms with E-state index in [1.165, 1.54) is 96.4 Å². The summed E-state index contributed by atoms with van der Waals surface area (Å²) in [7, 11) is 6.88. The first-order valence-electron chi connectivity index (χ1n) is 11.4. The standard InChI is InChI=1S/C19H42N.C6H6.ClH/c1-5-6-7-8-9-10-11-12-13-14-15-16-17-18-19-20(2,3)4;1-2-4-6-5-3-1;/h5-19H2,1-4H3;1-6H;1H/q+1;;/p-1. The van der Waals surface area contributed by atoms with Crippen LogP contribution in [0.25, 0.3) is 0 Å². The number of rotatable bonds is 15. The zero-order chi connectivity index (χ0) is 19.3. The van der Waals surface area contributed by atoms with Crippen molar-refractivity contribution in [3.63, 3.8) is 0 Å². The van der Waals surface area contributed by atoms with Crippen molar-refractivity contribution in [3.05, 3.63) is 36.4 Å². The number of hydrogen-bond donors (Lipinski definition) is 0. The minimum atomic E-state index is 0. The quantitative estimate of drug-likeness (QED) is 0.292. The molecular formula is C25H48ClN.